The van der Waals surface area contributed by atoms with Crippen molar-refractivity contribution < 1.29 is 4.42 Å². The zero-order valence-corrected chi connectivity index (χ0v) is 26.7. The van der Waals surface area contributed by atoms with E-state index in [-0.39, 0.29) is 0 Å². The minimum Gasteiger partial charge on any atom is -0.452 e. The first-order valence-corrected chi connectivity index (χ1v) is 16.8. The summed E-state index contributed by atoms with van der Waals surface area (Å²) in [6.07, 6.45) is 1.85. The molecule has 0 unspecified atom stereocenters. The first-order valence-electron chi connectivity index (χ1n) is 16.8. The van der Waals surface area contributed by atoms with Gasteiger partial charge in [0.15, 0.2) is 5.58 Å². The number of fused-ring (bicyclic) bond motifs is 8. The fourth-order valence-corrected chi connectivity index (χ4v) is 7.79. The highest BCUT2D eigenvalue weighted by Gasteiger charge is 2.30. The molecule has 0 saturated carbocycles. The van der Waals surface area contributed by atoms with Crippen LogP contribution in [0.5, 0.6) is 0 Å². The summed E-state index contributed by atoms with van der Waals surface area (Å²) in [5, 5.41) is 6.75. The second-order valence-corrected chi connectivity index (χ2v) is 12.8. The SMILES string of the molecule is c1ccc2c3c(ccc2c1)-c1cccc2cccc(c12)N3c1nc(-c2ccc(-c3cccc4cccnc34)cc2)c2oc3ccccc3c2n1. The van der Waals surface area contributed by atoms with Crippen LogP contribution in [0.2, 0.25) is 0 Å². The standard InChI is InChI=1S/C45H26N4O/c1-2-14-33-27(9-1)24-25-35-34-17-5-10-29-11-7-18-37(39(29)34)49(43(33)35)45-47-41(44-42(48-45)36-15-3-4-19-38(36)50-44)31-22-20-28(21-23-31)32-16-6-12-30-13-8-26-46-40(30)32/h1-26H. The number of para-hydroxylation sites is 2. The van der Waals surface area contributed by atoms with Gasteiger partial charge in [-0.05, 0) is 46.2 Å². The molecule has 50 heavy (non-hydrogen) atoms. The van der Waals surface area contributed by atoms with Crippen LogP contribution in [0, 0.1) is 0 Å². The Labute approximate surface area is 286 Å². The van der Waals surface area contributed by atoms with Crippen molar-refractivity contribution in [2.75, 3.05) is 4.90 Å². The number of rotatable bonds is 3. The Morgan fingerprint density at radius 2 is 1.20 bits per heavy atom. The van der Waals surface area contributed by atoms with Crippen molar-refractivity contribution >= 4 is 71.8 Å². The van der Waals surface area contributed by atoms with E-state index in [0.29, 0.717) is 11.5 Å². The summed E-state index contributed by atoms with van der Waals surface area (Å²) >= 11 is 0. The van der Waals surface area contributed by atoms with Gasteiger partial charge in [-0.3, -0.25) is 9.88 Å². The van der Waals surface area contributed by atoms with Gasteiger partial charge in [0.25, 0.3) is 0 Å². The lowest BCUT2D eigenvalue weighted by atomic mass is 9.89. The Morgan fingerprint density at radius 1 is 0.480 bits per heavy atom. The average molecular weight is 639 g/mol. The molecule has 10 aromatic rings. The number of hydrogen-bond donors (Lipinski definition) is 0. The first-order chi connectivity index (χ1) is 24.8. The van der Waals surface area contributed by atoms with Crippen molar-refractivity contribution in [1.82, 2.24) is 15.0 Å². The number of nitrogens with zero attached hydrogens (tertiary/aromatic N) is 4. The first kappa shape index (κ1) is 27.1. The molecule has 0 fully saturated rings. The van der Waals surface area contributed by atoms with Gasteiger partial charge in [-0.15, -0.1) is 0 Å². The highest BCUT2D eigenvalue weighted by molar-refractivity contribution is 6.19. The number of pyridine rings is 1. The van der Waals surface area contributed by atoms with Crippen LogP contribution < -0.4 is 4.90 Å². The minimum atomic E-state index is 0.598. The molecule has 7 aromatic carbocycles. The highest BCUT2D eigenvalue weighted by atomic mass is 16.3. The summed E-state index contributed by atoms with van der Waals surface area (Å²) < 4.78 is 6.55. The van der Waals surface area contributed by atoms with Gasteiger partial charge >= 0.3 is 0 Å². The predicted molar refractivity (Wildman–Crippen MR) is 204 cm³/mol. The summed E-state index contributed by atoms with van der Waals surface area (Å²) in [6, 6.07) is 53.1. The molecule has 0 radical (unpaired) electrons. The van der Waals surface area contributed by atoms with Crippen molar-refractivity contribution in [3.8, 4) is 33.5 Å². The van der Waals surface area contributed by atoms with Gasteiger partial charge in [0.1, 0.15) is 16.8 Å². The Kier molecular flexibility index (Phi) is 5.60. The van der Waals surface area contributed by atoms with Crippen molar-refractivity contribution in [3.63, 3.8) is 0 Å². The van der Waals surface area contributed by atoms with Crippen molar-refractivity contribution in [3.05, 3.63) is 158 Å². The second-order valence-electron chi connectivity index (χ2n) is 12.8. The Morgan fingerprint density at radius 3 is 2.10 bits per heavy atom. The van der Waals surface area contributed by atoms with Crippen LogP contribution in [-0.2, 0) is 0 Å². The van der Waals surface area contributed by atoms with E-state index in [1.54, 1.807) is 0 Å². The quantitative estimate of drug-likeness (QED) is 0.193. The van der Waals surface area contributed by atoms with Crippen LogP contribution in [0.15, 0.2) is 162 Å². The maximum absolute atomic E-state index is 6.55. The lowest BCUT2D eigenvalue weighted by Crippen LogP contribution is -2.18. The topological polar surface area (TPSA) is 55.1 Å². The third kappa shape index (κ3) is 3.86. The molecule has 0 atom stereocenters. The Balaban J connectivity index is 1.19. The molecule has 0 saturated heterocycles. The number of furan rings is 1. The molecule has 0 bridgehead atoms. The van der Waals surface area contributed by atoms with E-state index < -0.39 is 0 Å². The molecule has 0 spiro atoms. The van der Waals surface area contributed by atoms with Gasteiger partial charge < -0.3 is 4.42 Å². The molecule has 0 N–H and O–H groups in total. The minimum absolute atomic E-state index is 0.598. The fourth-order valence-electron chi connectivity index (χ4n) is 7.79. The Bertz CT molecular complexity index is 2990. The number of aromatic nitrogens is 3. The van der Waals surface area contributed by atoms with E-state index in [1.165, 1.54) is 16.3 Å². The van der Waals surface area contributed by atoms with Gasteiger partial charge in [-0.1, -0.05) is 127 Å². The molecule has 5 nitrogen and oxygen atoms in total. The largest absolute Gasteiger partial charge is 0.452 e. The summed E-state index contributed by atoms with van der Waals surface area (Å²) in [5.41, 5.74) is 11.6. The van der Waals surface area contributed by atoms with Gasteiger partial charge in [-0.25, -0.2) is 9.97 Å². The van der Waals surface area contributed by atoms with Gasteiger partial charge in [-0.2, -0.15) is 0 Å². The Hall–Kier alpha value is -6.85. The molecular formula is C45H26N4O. The van der Waals surface area contributed by atoms with Crippen LogP contribution in [0.3, 0.4) is 0 Å². The molecule has 3 aromatic heterocycles. The van der Waals surface area contributed by atoms with Crippen molar-refractivity contribution in [2.45, 2.75) is 0 Å². The summed E-state index contributed by atoms with van der Waals surface area (Å²) in [6.45, 7) is 0. The average Bonchev–Trinajstić information content (AvgIpc) is 3.56. The number of anilines is 3. The zero-order chi connectivity index (χ0) is 32.8. The van der Waals surface area contributed by atoms with Gasteiger partial charge in [0.2, 0.25) is 5.95 Å². The molecule has 11 rings (SSSR count). The summed E-state index contributed by atoms with van der Waals surface area (Å²) in [7, 11) is 0. The number of hydrogen-bond acceptors (Lipinski definition) is 5. The molecular weight excluding hydrogens is 613 g/mol. The molecule has 0 amide bonds. The lowest BCUT2D eigenvalue weighted by molar-refractivity contribution is 0.667. The van der Waals surface area contributed by atoms with Gasteiger partial charge in [0.05, 0.1) is 16.9 Å². The van der Waals surface area contributed by atoms with E-state index in [0.717, 1.165) is 77.5 Å². The van der Waals surface area contributed by atoms with E-state index in [9.17, 15) is 0 Å². The van der Waals surface area contributed by atoms with Crippen LogP contribution >= 0.6 is 0 Å². The van der Waals surface area contributed by atoms with E-state index in [4.69, 9.17) is 19.4 Å². The van der Waals surface area contributed by atoms with E-state index in [1.807, 2.05) is 30.5 Å². The maximum Gasteiger partial charge on any atom is 0.236 e. The maximum atomic E-state index is 6.55. The third-order valence-corrected chi connectivity index (χ3v) is 10.0. The normalized spacial score (nSPS) is 12.4. The van der Waals surface area contributed by atoms with Crippen molar-refractivity contribution in [1.29, 1.82) is 0 Å². The fraction of sp³-hybridized carbons (Fsp3) is 0. The van der Waals surface area contributed by atoms with Crippen LogP contribution in [-0.4, -0.2) is 15.0 Å². The second kappa shape index (κ2) is 10.3. The molecule has 0 aliphatic carbocycles. The smallest absolute Gasteiger partial charge is 0.236 e. The summed E-state index contributed by atoms with van der Waals surface area (Å²) in [5.74, 6) is 0.598. The van der Waals surface area contributed by atoms with Gasteiger partial charge in [0, 0.05) is 44.4 Å². The van der Waals surface area contributed by atoms with Crippen molar-refractivity contribution in [2.24, 2.45) is 0 Å². The van der Waals surface area contributed by atoms with E-state index in [2.05, 4.69) is 132 Å². The lowest BCUT2D eigenvalue weighted by Gasteiger charge is -2.33. The molecule has 5 heteroatoms. The predicted octanol–water partition coefficient (Wildman–Crippen LogP) is 12.0. The summed E-state index contributed by atoms with van der Waals surface area (Å²) in [4.78, 5) is 17.7. The molecule has 1 aliphatic rings. The zero-order valence-electron chi connectivity index (χ0n) is 26.7. The third-order valence-electron chi connectivity index (χ3n) is 10.0. The molecule has 1 aliphatic heterocycles. The monoisotopic (exact) mass is 638 g/mol. The van der Waals surface area contributed by atoms with Crippen LogP contribution in [0.25, 0.3) is 88.0 Å². The van der Waals surface area contributed by atoms with E-state index >= 15 is 0 Å². The number of benzene rings is 7. The highest BCUT2D eigenvalue weighted by Crippen LogP contribution is 2.53. The molecule has 232 valence electrons. The molecule has 4 heterocycles. The van der Waals surface area contributed by atoms with Crippen LogP contribution in [0.1, 0.15) is 0 Å². The van der Waals surface area contributed by atoms with Crippen LogP contribution in [0.4, 0.5) is 17.3 Å².